The van der Waals surface area contributed by atoms with Crippen molar-refractivity contribution in [1.29, 1.82) is 0 Å². The van der Waals surface area contributed by atoms with Gasteiger partial charge in [0.1, 0.15) is 12.4 Å². The van der Waals surface area contributed by atoms with Crippen molar-refractivity contribution in [2.75, 3.05) is 19.7 Å². The van der Waals surface area contributed by atoms with Crippen LogP contribution in [0.15, 0.2) is 24.3 Å². The summed E-state index contributed by atoms with van der Waals surface area (Å²) in [5.41, 5.74) is 1.24. The quantitative estimate of drug-likeness (QED) is 0.700. The maximum absolute atomic E-state index is 5.57. The van der Waals surface area contributed by atoms with Gasteiger partial charge in [0.2, 0.25) is 0 Å². The van der Waals surface area contributed by atoms with Gasteiger partial charge in [0.05, 0.1) is 0 Å². The van der Waals surface area contributed by atoms with E-state index in [1.54, 1.807) is 0 Å². The molecule has 1 aromatic carbocycles. The number of hydrogen-bond donors (Lipinski definition) is 1. The van der Waals surface area contributed by atoms with Crippen LogP contribution in [0.2, 0.25) is 0 Å². The lowest BCUT2D eigenvalue weighted by atomic mass is 10.2. The molecule has 0 heterocycles. The van der Waals surface area contributed by atoms with Crippen molar-refractivity contribution in [2.24, 2.45) is 0 Å². The molecule has 0 aliphatic carbocycles. The van der Waals surface area contributed by atoms with Gasteiger partial charge < -0.3 is 10.1 Å². The Hall–Kier alpha value is -1.02. The van der Waals surface area contributed by atoms with Crippen LogP contribution < -0.4 is 10.1 Å². The molecule has 0 bridgehead atoms. The van der Waals surface area contributed by atoms with Gasteiger partial charge in [-0.2, -0.15) is 0 Å². The van der Waals surface area contributed by atoms with Gasteiger partial charge in [0.25, 0.3) is 0 Å². The summed E-state index contributed by atoms with van der Waals surface area (Å²) in [7, 11) is 0. The van der Waals surface area contributed by atoms with Crippen molar-refractivity contribution >= 4 is 0 Å². The van der Waals surface area contributed by atoms with E-state index in [1.807, 2.05) is 12.1 Å². The molecule has 78 valence electrons. The molecule has 0 aliphatic rings. The molecule has 0 atom stereocenters. The first-order valence-electron chi connectivity index (χ1n) is 5.23. The molecular weight excluding hydrogens is 174 g/mol. The molecule has 0 aliphatic heterocycles. The first-order chi connectivity index (χ1) is 6.83. The Labute approximate surface area is 86.3 Å². The summed E-state index contributed by atoms with van der Waals surface area (Å²) in [5.74, 6) is 0.961. The Morgan fingerprint density at radius 1 is 1.29 bits per heavy atom. The molecule has 0 saturated carbocycles. The lowest BCUT2D eigenvalue weighted by Crippen LogP contribution is -2.21. The van der Waals surface area contributed by atoms with Crippen molar-refractivity contribution in [3.05, 3.63) is 29.8 Å². The third kappa shape index (κ3) is 4.28. The highest BCUT2D eigenvalue weighted by atomic mass is 16.5. The Balaban J connectivity index is 2.18. The molecule has 0 saturated heterocycles. The van der Waals surface area contributed by atoms with Crippen LogP contribution in [0.3, 0.4) is 0 Å². The van der Waals surface area contributed by atoms with Crippen LogP contribution in [0, 0.1) is 6.92 Å². The van der Waals surface area contributed by atoms with E-state index in [-0.39, 0.29) is 0 Å². The minimum atomic E-state index is 0.740. The molecule has 1 rings (SSSR count). The van der Waals surface area contributed by atoms with E-state index in [9.17, 15) is 0 Å². The molecule has 0 aromatic heterocycles. The molecule has 0 fully saturated rings. The zero-order valence-corrected chi connectivity index (χ0v) is 9.05. The summed E-state index contributed by atoms with van der Waals surface area (Å²) in [5, 5.41) is 3.29. The second-order valence-electron chi connectivity index (χ2n) is 3.41. The normalized spacial score (nSPS) is 10.1. The lowest BCUT2D eigenvalue weighted by Gasteiger charge is -2.07. The lowest BCUT2D eigenvalue weighted by molar-refractivity contribution is 0.314. The van der Waals surface area contributed by atoms with E-state index >= 15 is 0 Å². The third-order valence-electron chi connectivity index (χ3n) is 1.96. The molecule has 0 radical (unpaired) electrons. The maximum Gasteiger partial charge on any atom is 0.119 e. The largest absolute Gasteiger partial charge is 0.492 e. The molecule has 2 nitrogen and oxygen atoms in total. The van der Waals surface area contributed by atoms with Crippen molar-refractivity contribution in [3.63, 3.8) is 0 Å². The predicted octanol–water partition coefficient (Wildman–Crippen LogP) is 2.37. The van der Waals surface area contributed by atoms with E-state index < -0.39 is 0 Å². The molecule has 1 N–H and O–H groups in total. The van der Waals surface area contributed by atoms with Crippen molar-refractivity contribution in [3.8, 4) is 5.75 Å². The molecule has 14 heavy (non-hydrogen) atoms. The number of hydrogen-bond acceptors (Lipinski definition) is 2. The average molecular weight is 193 g/mol. The zero-order chi connectivity index (χ0) is 10.2. The van der Waals surface area contributed by atoms with E-state index in [0.29, 0.717) is 0 Å². The summed E-state index contributed by atoms with van der Waals surface area (Å²) in [6, 6.07) is 8.14. The Morgan fingerprint density at radius 3 is 2.86 bits per heavy atom. The van der Waals surface area contributed by atoms with E-state index in [4.69, 9.17) is 4.74 Å². The van der Waals surface area contributed by atoms with E-state index in [2.05, 4.69) is 31.3 Å². The Kier molecular flexibility index (Phi) is 5.08. The number of rotatable bonds is 6. The first kappa shape index (κ1) is 11.1. The number of aryl methyl sites for hydroxylation is 1. The summed E-state index contributed by atoms with van der Waals surface area (Å²) in [6.45, 7) is 6.96. The molecule has 0 spiro atoms. The molecular formula is C12H19NO. The summed E-state index contributed by atoms with van der Waals surface area (Å²) < 4.78 is 5.57. The fourth-order valence-corrected chi connectivity index (χ4v) is 1.25. The highest BCUT2D eigenvalue weighted by Gasteiger charge is 1.92. The summed E-state index contributed by atoms with van der Waals surface area (Å²) >= 11 is 0. The SMILES string of the molecule is CCCNCCOc1cccc(C)c1. The highest BCUT2D eigenvalue weighted by molar-refractivity contribution is 5.27. The van der Waals surface area contributed by atoms with Crippen LogP contribution in [0.25, 0.3) is 0 Å². The van der Waals surface area contributed by atoms with Crippen LogP contribution in [-0.4, -0.2) is 19.7 Å². The van der Waals surface area contributed by atoms with Crippen molar-refractivity contribution < 1.29 is 4.74 Å². The molecule has 0 amide bonds. The molecule has 0 unspecified atom stereocenters. The van der Waals surface area contributed by atoms with Crippen molar-refractivity contribution in [1.82, 2.24) is 5.32 Å². The second kappa shape index (κ2) is 6.44. The van der Waals surface area contributed by atoms with Gasteiger partial charge >= 0.3 is 0 Å². The molecule has 2 heteroatoms. The van der Waals surface area contributed by atoms with Gasteiger partial charge in [-0.15, -0.1) is 0 Å². The van der Waals surface area contributed by atoms with Gasteiger partial charge in [0.15, 0.2) is 0 Å². The highest BCUT2D eigenvalue weighted by Crippen LogP contribution is 2.11. The third-order valence-corrected chi connectivity index (χ3v) is 1.96. The van der Waals surface area contributed by atoms with Crippen molar-refractivity contribution in [2.45, 2.75) is 20.3 Å². The maximum atomic E-state index is 5.57. The average Bonchev–Trinajstić information content (AvgIpc) is 2.18. The van der Waals surface area contributed by atoms with Gasteiger partial charge in [-0.25, -0.2) is 0 Å². The number of nitrogens with one attached hydrogen (secondary N) is 1. The minimum absolute atomic E-state index is 0.740. The fraction of sp³-hybridized carbons (Fsp3) is 0.500. The van der Waals surface area contributed by atoms with Crippen LogP contribution in [-0.2, 0) is 0 Å². The zero-order valence-electron chi connectivity index (χ0n) is 9.05. The topological polar surface area (TPSA) is 21.3 Å². The van der Waals surface area contributed by atoms with Crippen LogP contribution in [0.4, 0.5) is 0 Å². The Bertz CT molecular complexity index is 260. The van der Waals surface area contributed by atoms with E-state index in [0.717, 1.165) is 25.4 Å². The van der Waals surface area contributed by atoms with E-state index in [1.165, 1.54) is 12.0 Å². The fourth-order valence-electron chi connectivity index (χ4n) is 1.25. The van der Waals surface area contributed by atoms with Crippen LogP contribution >= 0.6 is 0 Å². The first-order valence-corrected chi connectivity index (χ1v) is 5.23. The minimum Gasteiger partial charge on any atom is -0.492 e. The predicted molar refractivity (Wildman–Crippen MR) is 59.8 cm³/mol. The smallest absolute Gasteiger partial charge is 0.119 e. The number of benzene rings is 1. The standard InChI is InChI=1S/C12H19NO/c1-3-7-13-8-9-14-12-6-4-5-11(2)10-12/h4-6,10,13H,3,7-9H2,1-2H3. The molecule has 1 aromatic rings. The van der Waals surface area contributed by atoms with Crippen LogP contribution in [0.1, 0.15) is 18.9 Å². The van der Waals surface area contributed by atoms with Crippen LogP contribution in [0.5, 0.6) is 5.75 Å². The van der Waals surface area contributed by atoms with Gasteiger partial charge in [-0.3, -0.25) is 0 Å². The summed E-state index contributed by atoms with van der Waals surface area (Å²) in [4.78, 5) is 0. The monoisotopic (exact) mass is 193 g/mol. The second-order valence-corrected chi connectivity index (χ2v) is 3.41. The van der Waals surface area contributed by atoms with Gasteiger partial charge in [-0.1, -0.05) is 19.1 Å². The Morgan fingerprint density at radius 2 is 2.14 bits per heavy atom. The summed E-state index contributed by atoms with van der Waals surface area (Å²) in [6.07, 6.45) is 1.17. The number of ether oxygens (including phenoxy) is 1. The van der Waals surface area contributed by atoms with Gasteiger partial charge in [0, 0.05) is 6.54 Å². The van der Waals surface area contributed by atoms with Gasteiger partial charge in [-0.05, 0) is 37.6 Å².